The van der Waals surface area contributed by atoms with Crippen LogP contribution in [-0.2, 0) is 21.7 Å². The van der Waals surface area contributed by atoms with E-state index in [4.69, 9.17) is 0 Å². The molecule has 0 saturated heterocycles. The molecule has 0 unspecified atom stereocenters. The van der Waals surface area contributed by atoms with Crippen molar-refractivity contribution in [2.45, 2.75) is 0 Å². The SMILES string of the molecule is [H-].[H-].[H-].[K+].[Li+].[Na+].[Ti]. The molecule has 0 aromatic heterocycles. The fourth-order valence-corrected chi connectivity index (χ4v) is 0. The molecule has 0 amide bonds. The number of hydrogen-bond acceptors (Lipinski definition) is 0. The van der Waals surface area contributed by atoms with Gasteiger partial charge in [0.25, 0.3) is 0 Å². The Hall–Kier alpha value is 3.95. The predicted molar refractivity (Wildman–Crippen MR) is 3.34 cm³/mol. The molecule has 4 heavy (non-hydrogen) atoms. The summed E-state index contributed by atoms with van der Waals surface area (Å²) in [5.41, 5.74) is 0. The summed E-state index contributed by atoms with van der Waals surface area (Å²) in [6.07, 6.45) is 0. The third-order valence-corrected chi connectivity index (χ3v) is 0. The van der Waals surface area contributed by atoms with E-state index in [0.29, 0.717) is 0 Å². The summed E-state index contributed by atoms with van der Waals surface area (Å²) in [6, 6.07) is 0. The van der Waals surface area contributed by atoms with Crippen LogP contribution in [0.2, 0.25) is 0 Å². The second-order valence-corrected chi connectivity index (χ2v) is 0. The van der Waals surface area contributed by atoms with E-state index >= 15 is 0 Å². The first-order valence-corrected chi connectivity index (χ1v) is 0. The van der Waals surface area contributed by atoms with Crippen LogP contribution in [-0.4, -0.2) is 0 Å². The van der Waals surface area contributed by atoms with E-state index in [1.165, 1.54) is 0 Å². The summed E-state index contributed by atoms with van der Waals surface area (Å²) in [4.78, 5) is 0. The standard InChI is InChI=1S/K.Li.Na.Ti.3H/q3*+1;;3*-1. The van der Waals surface area contributed by atoms with Gasteiger partial charge in [-0.05, 0) is 0 Å². The Morgan fingerprint density at radius 2 is 1.25 bits per heavy atom. The smallest absolute Gasteiger partial charge is 1.00 e. The molecule has 0 radical (unpaired) electrons. The third-order valence-electron chi connectivity index (χ3n) is 0. The molecule has 0 nitrogen and oxygen atoms in total. The molecular formula is H3KLiNaTi. The van der Waals surface area contributed by atoms with E-state index in [9.17, 15) is 0 Å². The Labute approximate surface area is 122 Å². The molecular weight excluding hydrogens is 117 g/mol. The molecule has 0 atom stereocenters. The third kappa shape index (κ3) is 9.34. The molecule has 0 aliphatic rings. The first kappa shape index (κ1) is 24.6. The van der Waals surface area contributed by atoms with Gasteiger partial charge in [0.05, 0.1) is 0 Å². The predicted octanol–water partition coefficient (Wildman–Crippen LogP) is -8.65. The van der Waals surface area contributed by atoms with Crippen molar-refractivity contribution in [3.05, 3.63) is 0 Å². The summed E-state index contributed by atoms with van der Waals surface area (Å²) >= 11 is 0. The van der Waals surface area contributed by atoms with Gasteiger partial charge in [-0.15, -0.1) is 0 Å². The summed E-state index contributed by atoms with van der Waals surface area (Å²) in [7, 11) is 0. The molecule has 0 aliphatic carbocycles. The van der Waals surface area contributed by atoms with E-state index in [-0.39, 0.29) is 126 Å². The van der Waals surface area contributed by atoms with Crippen LogP contribution in [0.3, 0.4) is 0 Å². The van der Waals surface area contributed by atoms with Crippen molar-refractivity contribution in [2.75, 3.05) is 0 Å². The summed E-state index contributed by atoms with van der Waals surface area (Å²) in [5.74, 6) is 0. The van der Waals surface area contributed by atoms with Gasteiger partial charge in [0.2, 0.25) is 0 Å². The average Bonchev–Trinajstić information content (AvgIpc) is 0. The van der Waals surface area contributed by atoms with Crippen LogP contribution in [0, 0.1) is 0 Å². The minimum atomic E-state index is 0. The van der Waals surface area contributed by atoms with Crippen LogP contribution in [0.15, 0.2) is 0 Å². The molecule has 0 rings (SSSR count). The molecule has 10 valence electrons. The van der Waals surface area contributed by atoms with Gasteiger partial charge in [0, 0.05) is 21.7 Å². The minimum absolute atomic E-state index is 0. The quantitative estimate of drug-likeness (QED) is 0.278. The van der Waals surface area contributed by atoms with Crippen molar-refractivity contribution in [3.8, 4) is 0 Å². The average molecular weight is 120 g/mol. The van der Waals surface area contributed by atoms with Crippen LogP contribution in [0.25, 0.3) is 0 Å². The molecule has 0 saturated carbocycles. The molecule has 0 aliphatic heterocycles. The summed E-state index contributed by atoms with van der Waals surface area (Å²) in [5, 5.41) is 0. The monoisotopic (exact) mass is 120 g/mol. The summed E-state index contributed by atoms with van der Waals surface area (Å²) < 4.78 is 0. The topological polar surface area (TPSA) is 0 Å². The molecule has 0 fully saturated rings. The molecule has 0 spiro atoms. The van der Waals surface area contributed by atoms with E-state index in [2.05, 4.69) is 0 Å². The van der Waals surface area contributed by atoms with Gasteiger partial charge in [-0.2, -0.15) is 0 Å². The Balaban J connectivity index is 0. The van der Waals surface area contributed by atoms with Crippen molar-refractivity contribution in [2.24, 2.45) is 0 Å². The maximum atomic E-state index is 0. The molecule has 0 N–H and O–H groups in total. The van der Waals surface area contributed by atoms with Crippen LogP contribution in [0.5, 0.6) is 0 Å². The Bertz CT molecular complexity index is 14.9. The van der Waals surface area contributed by atoms with Crippen LogP contribution >= 0.6 is 0 Å². The Morgan fingerprint density at radius 3 is 1.25 bits per heavy atom. The maximum absolute atomic E-state index is 0. The molecule has 0 aromatic rings. The fourth-order valence-electron chi connectivity index (χ4n) is 0. The van der Waals surface area contributed by atoms with Crippen molar-refractivity contribution in [1.82, 2.24) is 0 Å². The van der Waals surface area contributed by atoms with Gasteiger partial charge in [0.1, 0.15) is 0 Å². The van der Waals surface area contributed by atoms with E-state index in [1.807, 2.05) is 0 Å². The van der Waals surface area contributed by atoms with E-state index < -0.39 is 0 Å². The number of hydrogen-bond donors (Lipinski definition) is 0. The van der Waals surface area contributed by atoms with Gasteiger partial charge in [-0.3, -0.25) is 0 Å². The van der Waals surface area contributed by atoms with Gasteiger partial charge in [-0.25, -0.2) is 0 Å². The van der Waals surface area contributed by atoms with Crippen molar-refractivity contribution < 1.29 is 126 Å². The van der Waals surface area contributed by atoms with Crippen LogP contribution in [0.4, 0.5) is 0 Å². The number of rotatable bonds is 0. The molecule has 4 heteroatoms. The fraction of sp³-hybridized carbons (Fsp3) is 0. The molecule has 0 bridgehead atoms. The molecule has 0 heterocycles. The van der Waals surface area contributed by atoms with E-state index in [1.54, 1.807) is 0 Å². The normalized spacial score (nSPS) is 0. The zero-order valence-electron chi connectivity index (χ0n) is 6.50. The summed E-state index contributed by atoms with van der Waals surface area (Å²) in [6.45, 7) is 0. The van der Waals surface area contributed by atoms with Gasteiger partial charge < -0.3 is 4.28 Å². The van der Waals surface area contributed by atoms with Crippen molar-refractivity contribution >= 4 is 0 Å². The Kier molecular flexibility index (Phi) is 97.1. The van der Waals surface area contributed by atoms with Gasteiger partial charge in [0.15, 0.2) is 0 Å². The van der Waals surface area contributed by atoms with Gasteiger partial charge >= 0.3 is 99.8 Å². The minimum Gasteiger partial charge on any atom is -1.00 e. The zero-order chi connectivity index (χ0) is 0. The zero-order valence-corrected chi connectivity index (χ0v) is 10.2. The Morgan fingerprint density at radius 1 is 1.25 bits per heavy atom. The van der Waals surface area contributed by atoms with Crippen molar-refractivity contribution in [1.29, 1.82) is 0 Å². The van der Waals surface area contributed by atoms with Gasteiger partial charge in [-0.1, -0.05) is 0 Å². The van der Waals surface area contributed by atoms with Crippen LogP contribution in [0.1, 0.15) is 4.28 Å². The largest absolute Gasteiger partial charge is 1.00 e. The van der Waals surface area contributed by atoms with E-state index in [0.717, 1.165) is 0 Å². The second kappa shape index (κ2) is 15.8. The first-order valence-electron chi connectivity index (χ1n) is 0. The maximum Gasteiger partial charge on any atom is 1.00 e. The first-order chi connectivity index (χ1) is 0. The molecule has 0 aromatic carbocycles. The second-order valence-electron chi connectivity index (χ2n) is 0. The van der Waals surface area contributed by atoms with Crippen LogP contribution < -0.4 is 99.8 Å². The van der Waals surface area contributed by atoms with Crippen molar-refractivity contribution in [3.63, 3.8) is 0 Å².